The fourth-order valence-corrected chi connectivity index (χ4v) is 0.995. The van der Waals surface area contributed by atoms with Crippen LogP contribution in [0.3, 0.4) is 0 Å². The number of nitrogens with one attached hydrogen (secondary N) is 1. The van der Waals surface area contributed by atoms with Crippen LogP contribution in [0, 0.1) is 0 Å². The lowest BCUT2D eigenvalue weighted by molar-refractivity contribution is -0.129. The number of benzene rings is 1. The summed E-state index contributed by atoms with van der Waals surface area (Å²) >= 11 is 0. The topological polar surface area (TPSA) is 76.0 Å². The van der Waals surface area contributed by atoms with Crippen molar-refractivity contribution in [2.45, 2.75) is 0 Å². The van der Waals surface area contributed by atoms with Crippen molar-refractivity contribution in [1.29, 1.82) is 0 Å². The second kappa shape index (κ2) is 4.81. The molecule has 2 aromatic rings. The van der Waals surface area contributed by atoms with Crippen molar-refractivity contribution in [2.24, 2.45) is 5.73 Å². The number of rotatable bonds is 1. The lowest BCUT2D eigenvalue weighted by Gasteiger charge is -1.83. The van der Waals surface area contributed by atoms with Crippen LogP contribution < -0.4 is 5.73 Å². The van der Waals surface area contributed by atoms with Crippen molar-refractivity contribution in [2.75, 3.05) is 0 Å². The standard InChI is InChI=1S/C8H7N.C2H3NO2/c1-2-4-8-7(3-1)5-6-9-8;3-2(5)1-4/h1-6,9H;1H,(H2,3,5). The molecule has 14 heavy (non-hydrogen) atoms. The molecule has 0 atom stereocenters. The first-order chi connectivity index (χ1) is 6.74. The second-order valence-electron chi connectivity index (χ2n) is 2.59. The van der Waals surface area contributed by atoms with E-state index in [9.17, 15) is 4.79 Å². The van der Waals surface area contributed by atoms with E-state index in [0.717, 1.165) is 0 Å². The number of para-hydroxylation sites is 1. The molecule has 0 aliphatic rings. The van der Waals surface area contributed by atoms with E-state index < -0.39 is 5.91 Å². The van der Waals surface area contributed by atoms with Crippen molar-refractivity contribution >= 4 is 23.1 Å². The quantitative estimate of drug-likeness (QED) is 0.516. The summed E-state index contributed by atoms with van der Waals surface area (Å²) in [4.78, 5) is 21.4. The minimum Gasteiger partial charge on any atom is -0.363 e. The van der Waals surface area contributed by atoms with Crippen LogP contribution >= 0.6 is 0 Å². The number of carbonyl (C=O) groups is 2. The van der Waals surface area contributed by atoms with Crippen molar-refractivity contribution in [3.63, 3.8) is 0 Å². The van der Waals surface area contributed by atoms with Gasteiger partial charge in [0.15, 0.2) is 0 Å². The van der Waals surface area contributed by atoms with Gasteiger partial charge in [-0.05, 0) is 17.5 Å². The Hall–Kier alpha value is -2.10. The lowest BCUT2D eigenvalue weighted by Crippen LogP contribution is -2.10. The van der Waals surface area contributed by atoms with E-state index in [0.29, 0.717) is 0 Å². The molecule has 0 fully saturated rings. The molecule has 1 amide bonds. The highest BCUT2D eigenvalue weighted by Crippen LogP contribution is 2.09. The van der Waals surface area contributed by atoms with Crippen LogP contribution in [0.4, 0.5) is 0 Å². The summed E-state index contributed by atoms with van der Waals surface area (Å²) in [5.41, 5.74) is 5.49. The van der Waals surface area contributed by atoms with Crippen LogP contribution in [-0.2, 0) is 9.59 Å². The third-order valence-electron chi connectivity index (χ3n) is 1.58. The number of aldehydes is 1. The maximum Gasteiger partial charge on any atom is 0.281 e. The van der Waals surface area contributed by atoms with Gasteiger partial charge in [0.05, 0.1) is 0 Å². The van der Waals surface area contributed by atoms with E-state index in [-0.39, 0.29) is 6.29 Å². The molecule has 4 heteroatoms. The van der Waals surface area contributed by atoms with E-state index in [1.807, 2.05) is 18.3 Å². The summed E-state index contributed by atoms with van der Waals surface area (Å²) in [5.74, 6) is -0.926. The molecule has 0 aliphatic heterocycles. The monoisotopic (exact) mass is 190 g/mol. The Morgan fingerprint density at radius 3 is 2.50 bits per heavy atom. The van der Waals surface area contributed by atoms with Crippen LogP contribution in [0.25, 0.3) is 10.9 Å². The van der Waals surface area contributed by atoms with Crippen LogP contribution in [0.5, 0.6) is 0 Å². The van der Waals surface area contributed by atoms with Crippen molar-refractivity contribution in [3.05, 3.63) is 36.5 Å². The summed E-state index contributed by atoms with van der Waals surface area (Å²) in [7, 11) is 0. The molecule has 4 nitrogen and oxygen atoms in total. The Kier molecular flexibility index (Phi) is 3.43. The summed E-state index contributed by atoms with van der Waals surface area (Å²) in [6, 6.07) is 10.3. The Morgan fingerprint density at radius 1 is 1.29 bits per heavy atom. The van der Waals surface area contributed by atoms with Crippen LogP contribution in [0.15, 0.2) is 36.5 Å². The molecule has 2 rings (SSSR count). The number of nitrogens with two attached hydrogens (primary N) is 1. The molecule has 1 aromatic heterocycles. The molecule has 72 valence electrons. The number of amides is 1. The van der Waals surface area contributed by atoms with Gasteiger partial charge in [0.25, 0.3) is 5.91 Å². The average molecular weight is 190 g/mol. The molecule has 0 aliphatic carbocycles. The second-order valence-corrected chi connectivity index (χ2v) is 2.59. The number of primary amides is 1. The molecule has 0 unspecified atom stereocenters. The maximum absolute atomic E-state index is 9.22. The van der Waals surface area contributed by atoms with E-state index >= 15 is 0 Å². The minimum atomic E-state index is -0.926. The highest BCUT2D eigenvalue weighted by atomic mass is 16.2. The van der Waals surface area contributed by atoms with Crippen molar-refractivity contribution < 1.29 is 9.59 Å². The minimum absolute atomic E-state index is 0.0556. The van der Waals surface area contributed by atoms with Gasteiger partial charge in [-0.2, -0.15) is 0 Å². The van der Waals surface area contributed by atoms with Crippen LogP contribution in [0.2, 0.25) is 0 Å². The largest absolute Gasteiger partial charge is 0.363 e. The number of hydrogen-bond donors (Lipinski definition) is 2. The highest BCUT2D eigenvalue weighted by molar-refractivity contribution is 6.22. The van der Waals surface area contributed by atoms with E-state index in [2.05, 4.69) is 28.9 Å². The number of aromatic amines is 1. The molecule has 0 saturated carbocycles. The summed E-state index contributed by atoms with van der Waals surface area (Å²) in [6.45, 7) is 0. The van der Waals surface area contributed by atoms with Crippen LogP contribution in [-0.4, -0.2) is 17.2 Å². The maximum atomic E-state index is 9.22. The summed E-state index contributed by atoms with van der Waals surface area (Å²) in [6.07, 6.45) is 2.00. The predicted molar refractivity (Wildman–Crippen MR) is 53.6 cm³/mol. The summed E-state index contributed by atoms with van der Waals surface area (Å²) in [5, 5.41) is 1.28. The van der Waals surface area contributed by atoms with Gasteiger partial charge in [-0.1, -0.05) is 18.2 Å². The molecule has 0 saturated heterocycles. The smallest absolute Gasteiger partial charge is 0.281 e. The molecule has 3 N–H and O–H groups in total. The zero-order chi connectivity index (χ0) is 10.4. The van der Waals surface area contributed by atoms with Crippen molar-refractivity contribution in [3.8, 4) is 0 Å². The Morgan fingerprint density at radius 2 is 1.93 bits per heavy atom. The molecule has 1 heterocycles. The molecular weight excluding hydrogens is 180 g/mol. The van der Waals surface area contributed by atoms with Gasteiger partial charge in [0, 0.05) is 11.7 Å². The van der Waals surface area contributed by atoms with E-state index in [4.69, 9.17) is 4.79 Å². The zero-order valence-corrected chi connectivity index (χ0v) is 7.44. The number of hydrogen-bond acceptors (Lipinski definition) is 2. The molecule has 0 spiro atoms. The van der Waals surface area contributed by atoms with Crippen molar-refractivity contribution in [1.82, 2.24) is 4.98 Å². The Balaban J connectivity index is 0.000000171. The number of H-pyrrole nitrogens is 1. The number of aromatic nitrogens is 1. The van der Waals surface area contributed by atoms with Gasteiger partial charge in [-0.3, -0.25) is 9.59 Å². The zero-order valence-electron chi connectivity index (χ0n) is 7.44. The van der Waals surface area contributed by atoms with Gasteiger partial charge >= 0.3 is 0 Å². The molecule has 0 radical (unpaired) electrons. The van der Waals surface area contributed by atoms with E-state index in [1.165, 1.54) is 10.9 Å². The SMILES string of the molecule is NC(=O)C=O.c1ccc2[nH]ccc2c1. The van der Waals surface area contributed by atoms with E-state index in [1.54, 1.807) is 0 Å². The predicted octanol–water partition coefficient (Wildman–Crippen LogP) is 0.838. The Labute approximate surface area is 80.7 Å². The van der Waals surface area contributed by atoms with Gasteiger partial charge in [0.2, 0.25) is 6.29 Å². The number of carbonyl (C=O) groups excluding carboxylic acids is 2. The molecule has 0 bridgehead atoms. The fraction of sp³-hybridized carbons (Fsp3) is 0. The van der Waals surface area contributed by atoms with Gasteiger partial charge in [0.1, 0.15) is 0 Å². The van der Waals surface area contributed by atoms with Gasteiger partial charge < -0.3 is 10.7 Å². The summed E-state index contributed by atoms with van der Waals surface area (Å²) < 4.78 is 0. The third kappa shape index (κ3) is 2.75. The molecular formula is C10H10N2O2. The normalized spacial score (nSPS) is 8.86. The van der Waals surface area contributed by atoms with Gasteiger partial charge in [-0.25, -0.2) is 0 Å². The molecule has 1 aromatic carbocycles. The van der Waals surface area contributed by atoms with Gasteiger partial charge in [-0.15, -0.1) is 0 Å². The first kappa shape index (κ1) is 9.98. The fourth-order valence-electron chi connectivity index (χ4n) is 0.995. The average Bonchev–Trinajstić information content (AvgIpc) is 2.66. The first-order valence-corrected chi connectivity index (χ1v) is 4.01. The lowest BCUT2D eigenvalue weighted by atomic mass is 10.3. The first-order valence-electron chi connectivity index (χ1n) is 4.01. The van der Waals surface area contributed by atoms with Crippen LogP contribution in [0.1, 0.15) is 0 Å². The number of fused-ring (bicyclic) bond motifs is 1. The highest BCUT2D eigenvalue weighted by Gasteiger charge is 1.86. The third-order valence-corrected chi connectivity index (χ3v) is 1.58. The Bertz CT molecular complexity index is 404.